The van der Waals surface area contributed by atoms with Crippen molar-refractivity contribution in [3.8, 4) is 0 Å². The van der Waals surface area contributed by atoms with E-state index in [1.54, 1.807) is 24.3 Å². The van der Waals surface area contributed by atoms with Gasteiger partial charge in [0.1, 0.15) is 0 Å². The van der Waals surface area contributed by atoms with Gasteiger partial charge in [0.25, 0.3) is 5.91 Å². The summed E-state index contributed by atoms with van der Waals surface area (Å²) >= 11 is 0. The van der Waals surface area contributed by atoms with E-state index in [4.69, 9.17) is 4.74 Å². The molecule has 142 valence electrons. The lowest BCUT2D eigenvalue weighted by Gasteiger charge is -2.32. The Hall–Kier alpha value is -2.66. The van der Waals surface area contributed by atoms with Gasteiger partial charge in [-0.1, -0.05) is 42.5 Å². The topological polar surface area (TPSA) is 58.6 Å². The number of rotatable bonds is 6. The van der Waals surface area contributed by atoms with E-state index in [9.17, 15) is 9.59 Å². The fraction of sp³-hybridized carbons (Fsp3) is 0.364. The van der Waals surface area contributed by atoms with E-state index in [1.807, 2.05) is 6.07 Å². The van der Waals surface area contributed by atoms with E-state index in [0.717, 1.165) is 32.5 Å². The van der Waals surface area contributed by atoms with Crippen molar-refractivity contribution < 1.29 is 14.3 Å². The van der Waals surface area contributed by atoms with Crippen LogP contribution in [0.25, 0.3) is 0 Å². The number of methoxy groups -OCH3 is 1. The summed E-state index contributed by atoms with van der Waals surface area (Å²) in [6.45, 7) is 3.68. The number of ether oxygens (including phenoxy) is 1. The summed E-state index contributed by atoms with van der Waals surface area (Å²) in [5, 5.41) is 2.99. The number of nitrogens with zero attached hydrogens (tertiary/aromatic N) is 1. The first-order chi connectivity index (χ1) is 13.2. The zero-order chi connectivity index (χ0) is 19.1. The zero-order valence-corrected chi connectivity index (χ0v) is 15.7. The van der Waals surface area contributed by atoms with Gasteiger partial charge in [0, 0.05) is 13.1 Å². The Balaban J connectivity index is 1.48. The number of amides is 1. The second kappa shape index (κ2) is 9.33. The van der Waals surface area contributed by atoms with Crippen LogP contribution in [0.5, 0.6) is 0 Å². The smallest absolute Gasteiger partial charge is 0.338 e. The minimum absolute atomic E-state index is 0.220. The van der Waals surface area contributed by atoms with Gasteiger partial charge in [0.15, 0.2) is 0 Å². The van der Waals surface area contributed by atoms with Crippen LogP contribution in [0.2, 0.25) is 0 Å². The molecule has 0 unspecified atom stereocenters. The zero-order valence-electron chi connectivity index (χ0n) is 15.7. The second-order valence-corrected chi connectivity index (χ2v) is 6.95. The van der Waals surface area contributed by atoms with Crippen molar-refractivity contribution in [1.29, 1.82) is 0 Å². The van der Waals surface area contributed by atoms with Gasteiger partial charge in [-0.25, -0.2) is 4.79 Å². The number of benzene rings is 2. The first-order valence-electron chi connectivity index (χ1n) is 9.39. The third kappa shape index (κ3) is 5.17. The van der Waals surface area contributed by atoms with Gasteiger partial charge >= 0.3 is 5.97 Å². The Labute approximate surface area is 160 Å². The largest absolute Gasteiger partial charge is 0.465 e. The van der Waals surface area contributed by atoms with Crippen molar-refractivity contribution in [3.63, 3.8) is 0 Å². The third-order valence-electron chi connectivity index (χ3n) is 5.08. The number of piperidine rings is 1. The normalized spacial score (nSPS) is 15.3. The van der Waals surface area contributed by atoms with E-state index in [1.165, 1.54) is 12.7 Å². The molecule has 0 saturated carbocycles. The Morgan fingerprint density at radius 3 is 2.30 bits per heavy atom. The monoisotopic (exact) mass is 366 g/mol. The molecule has 0 bridgehead atoms. The lowest BCUT2D eigenvalue weighted by atomic mass is 9.96. The van der Waals surface area contributed by atoms with Gasteiger partial charge in [0.2, 0.25) is 0 Å². The van der Waals surface area contributed by atoms with Gasteiger partial charge in [-0.15, -0.1) is 0 Å². The maximum atomic E-state index is 12.5. The summed E-state index contributed by atoms with van der Waals surface area (Å²) in [7, 11) is 1.32. The number of esters is 1. The molecule has 5 heteroatoms. The summed E-state index contributed by atoms with van der Waals surface area (Å²) in [4.78, 5) is 26.8. The fourth-order valence-corrected chi connectivity index (χ4v) is 3.49. The van der Waals surface area contributed by atoms with Crippen LogP contribution in [0.1, 0.15) is 39.1 Å². The van der Waals surface area contributed by atoms with Crippen LogP contribution in [-0.2, 0) is 11.3 Å². The standard InChI is InChI=1S/C22H26N2O3/c1-27-22(26)20-10-6-5-9-19(20)21(25)23-15-17-11-13-24(14-12-17)16-18-7-3-2-4-8-18/h2-10,17H,11-16H2,1H3,(H,23,25). The van der Waals surface area contributed by atoms with Crippen molar-refractivity contribution in [1.82, 2.24) is 10.2 Å². The Kier molecular flexibility index (Phi) is 6.60. The summed E-state index contributed by atoms with van der Waals surface area (Å²) in [6, 6.07) is 17.3. The lowest BCUT2D eigenvalue weighted by Crippen LogP contribution is -2.38. The first kappa shape index (κ1) is 19.1. The number of hydrogen-bond acceptors (Lipinski definition) is 4. The summed E-state index contributed by atoms with van der Waals surface area (Å²) < 4.78 is 4.76. The van der Waals surface area contributed by atoms with Gasteiger partial charge in [-0.05, 0) is 49.5 Å². The maximum absolute atomic E-state index is 12.5. The quantitative estimate of drug-likeness (QED) is 0.798. The van der Waals surface area contributed by atoms with Crippen LogP contribution < -0.4 is 5.32 Å². The fourth-order valence-electron chi connectivity index (χ4n) is 3.49. The molecule has 0 radical (unpaired) electrons. The van der Waals surface area contributed by atoms with Gasteiger partial charge in [-0.3, -0.25) is 9.69 Å². The Bertz CT molecular complexity index is 768. The van der Waals surface area contributed by atoms with Crippen molar-refractivity contribution >= 4 is 11.9 Å². The molecule has 1 N–H and O–H groups in total. The van der Waals surface area contributed by atoms with E-state index in [2.05, 4.69) is 34.5 Å². The molecule has 1 aliphatic heterocycles. The lowest BCUT2D eigenvalue weighted by molar-refractivity contribution is 0.0596. The molecule has 3 rings (SSSR count). The number of nitrogens with one attached hydrogen (secondary N) is 1. The van der Waals surface area contributed by atoms with E-state index in [0.29, 0.717) is 23.6 Å². The van der Waals surface area contributed by atoms with Crippen molar-refractivity contribution in [2.75, 3.05) is 26.7 Å². The number of carbonyl (C=O) groups excluding carboxylic acids is 2. The van der Waals surface area contributed by atoms with Gasteiger partial charge < -0.3 is 10.1 Å². The molecule has 0 aromatic heterocycles. The SMILES string of the molecule is COC(=O)c1ccccc1C(=O)NCC1CCN(Cc2ccccc2)CC1. The third-order valence-corrected chi connectivity index (χ3v) is 5.08. The minimum atomic E-state index is -0.491. The molecule has 0 atom stereocenters. The van der Waals surface area contributed by atoms with Crippen LogP contribution >= 0.6 is 0 Å². The minimum Gasteiger partial charge on any atom is -0.465 e. The summed E-state index contributed by atoms with van der Waals surface area (Å²) in [6.07, 6.45) is 2.12. The molecule has 5 nitrogen and oxygen atoms in total. The molecular weight excluding hydrogens is 340 g/mol. The van der Waals surface area contributed by atoms with Crippen LogP contribution in [0.3, 0.4) is 0 Å². The first-order valence-corrected chi connectivity index (χ1v) is 9.39. The Morgan fingerprint density at radius 2 is 1.63 bits per heavy atom. The molecule has 1 heterocycles. The molecule has 0 spiro atoms. The highest BCUT2D eigenvalue weighted by atomic mass is 16.5. The highest BCUT2D eigenvalue weighted by Crippen LogP contribution is 2.19. The molecule has 2 aromatic rings. The van der Waals surface area contributed by atoms with Crippen molar-refractivity contribution in [3.05, 3.63) is 71.3 Å². The van der Waals surface area contributed by atoms with Crippen molar-refractivity contribution in [2.45, 2.75) is 19.4 Å². The molecule has 0 aliphatic carbocycles. The van der Waals surface area contributed by atoms with Crippen molar-refractivity contribution in [2.24, 2.45) is 5.92 Å². The van der Waals surface area contributed by atoms with Gasteiger partial charge in [0.05, 0.1) is 18.2 Å². The van der Waals surface area contributed by atoms with E-state index < -0.39 is 5.97 Å². The highest BCUT2D eigenvalue weighted by molar-refractivity contribution is 6.05. The van der Waals surface area contributed by atoms with E-state index >= 15 is 0 Å². The molecule has 2 aromatic carbocycles. The highest BCUT2D eigenvalue weighted by Gasteiger charge is 2.21. The number of likely N-dealkylation sites (tertiary alicyclic amines) is 1. The van der Waals surface area contributed by atoms with Crippen LogP contribution in [0.15, 0.2) is 54.6 Å². The molecule has 1 amide bonds. The van der Waals surface area contributed by atoms with Crippen LogP contribution in [0, 0.1) is 5.92 Å². The predicted molar refractivity (Wildman–Crippen MR) is 105 cm³/mol. The molecule has 27 heavy (non-hydrogen) atoms. The van der Waals surface area contributed by atoms with E-state index in [-0.39, 0.29) is 5.91 Å². The second-order valence-electron chi connectivity index (χ2n) is 6.95. The summed E-state index contributed by atoms with van der Waals surface area (Å²) in [5.74, 6) is -0.246. The number of carbonyl (C=O) groups is 2. The maximum Gasteiger partial charge on any atom is 0.338 e. The average Bonchev–Trinajstić information content (AvgIpc) is 2.73. The molecule has 1 aliphatic rings. The predicted octanol–water partition coefficient (Wildman–Crippen LogP) is 3.12. The van der Waals surface area contributed by atoms with Crippen LogP contribution in [-0.4, -0.2) is 43.5 Å². The number of hydrogen-bond donors (Lipinski definition) is 1. The average molecular weight is 366 g/mol. The molecule has 1 saturated heterocycles. The summed E-state index contributed by atoms with van der Waals surface area (Å²) in [5.41, 5.74) is 2.00. The molecule has 1 fully saturated rings. The van der Waals surface area contributed by atoms with Gasteiger partial charge in [-0.2, -0.15) is 0 Å². The molecular formula is C22H26N2O3. The Morgan fingerprint density at radius 1 is 1.00 bits per heavy atom. The van der Waals surface area contributed by atoms with Crippen LogP contribution in [0.4, 0.5) is 0 Å².